The highest BCUT2D eigenvalue weighted by Gasteiger charge is 2.48. The quantitative estimate of drug-likeness (QED) is 0.333. The predicted molar refractivity (Wildman–Crippen MR) is 138 cm³/mol. The summed E-state index contributed by atoms with van der Waals surface area (Å²) in [7, 11) is -2.60. The first kappa shape index (κ1) is 17.8. The standard InChI is InChI=1S/C30H21NSi/c1-3-12-22(13-4-1)32(23-14-5-2-6-15-23)29-21-10-8-17-25(29)27-19-11-18-26-24-16-7-9-20-28(24)31(32)30(26)27/h1-21H. The van der Waals surface area contributed by atoms with E-state index in [1.54, 1.807) is 0 Å². The molecule has 0 saturated heterocycles. The van der Waals surface area contributed by atoms with Crippen LogP contribution in [-0.4, -0.2) is 12.5 Å². The Morgan fingerprint density at radius 2 is 1.00 bits per heavy atom. The number of fused-ring (bicyclic) bond motifs is 5. The maximum absolute atomic E-state index is 2.74. The molecule has 0 bridgehead atoms. The van der Waals surface area contributed by atoms with Crippen LogP contribution in [-0.2, 0) is 0 Å². The van der Waals surface area contributed by atoms with E-state index in [2.05, 4.69) is 132 Å². The molecule has 0 unspecified atom stereocenters. The average Bonchev–Trinajstić information content (AvgIpc) is 3.22. The summed E-state index contributed by atoms with van der Waals surface area (Å²) < 4.78 is 2.74. The minimum atomic E-state index is -2.60. The van der Waals surface area contributed by atoms with Crippen molar-refractivity contribution in [1.82, 2.24) is 4.23 Å². The van der Waals surface area contributed by atoms with Crippen LogP contribution >= 0.6 is 0 Å². The molecule has 2 heteroatoms. The van der Waals surface area contributed by atoms with Crippen LogP contribution in [0.5, 0.6) is 0 Å². The Balaban J connectivity index is 1.82. The Bertz CT molecular complexity index is 1570. The van der Waals surface area contributed by atoms with Gasteiger partial charge in [-0.3, -0.25) is 0 Å². The van der Waals surface area contributed by atoms with Crippen molar-refractivity contribution in [3.8, 4) is 11.1 Å². The molecule has 1 nitrogen and oxygen atoms in total. The summed E-state index contributed by atoms with van der Waals surface area (Å²) in [5.41, 5.74) is 5.40. The number of hydrogen-bond acceptors (Lipinski definition) is 0. The molecular weight excluding hydrogens is 402 g/mol. The van der Waals surface area contributed by atoms with E-state index in [1.165, 1.54) is 48.5 Å². The van der Waals surface area contributed by atoms with Crippen LogP contribution < -0.4 is 15.6 Å². The summed E-state index contributed by atoms with van der Waals surface area (Å²) in [5.74, 6) is 0. The van der Waals surface area contributed by atoms with E-state index < -0.39 is 8.24 Å². The van der Waals surface area contributed by atoms with Gasteiger partial charge in [-0.05, 0) is 27.2 Å². The topological polar surface area (TPSA) is 4.93 Å². The SMILES string of the molecule is c1ccc([Si]2(c3ccccc3)c3ccccc3-c3cccc4c5ccccc5n2c34)cc1. The average molecular weight is 424 g/mol. The van der Waals surface area contributed by atoms with E-state index in [-0.39, 0.29) is 0 Å². The van der Waals surface area contributed by atoms with Gasteiger partial charge in [0.1, 0.15) is 0 Å². The molecule has 0 aliphatic carbocycles. The third kappa shape index (κ3) is 2.12. The molecule has 32 heavy (non-hydrogen) atoms. The van der Waals surface area contributed by atoms with Crippen LogP contribution in [0, 0.1) is 0 Å². The summed E-state index contributed by atoms with van der Waals surface area (Å²) >= 11 is 0. The molecule has 0 fully saturated rings. The third-order valence-corrected chi connectivity index (χ3v) is 11.7. The zero-order valence-electron chi connectivity index (χ0n) is 17.6. The monoisotopic (exact) mass is 423 g/mol. The fourth-order valence-corrected chi connectivity index (χ4v) is 11.0. The van der Waals surface area contributed by atoms with Gasteiger partial charge in [0.05, 0.1) is 0 Å². The van der Waals surface area contributed by atoms with E-state index >= 15 is 0 Å². The molecule has 5 aromatic carbocycles. The maximum atomic E-state index is 2.74. The predicted octanol–water partition coefficient (Wildman–Crippen LogP) is 5.29. The molecule has 1 aliphatic rings. The number of nitrogens with zero attached hydrogens (tertiary/aromatic N) is 1. The van der Waals surface area contributed by atoms with Gasteiger partial charge >= 0.3 is 0 Å². The van der Waals surface area contributed by atoms with Crippen LogP contribution in [0.3, 0.4) is 0 Å². The first-order valence-electron chi connectivity index (χ1n) is 11.1. The van der Waals surface area contributed by atoms with E-state index in [1.807, 2.05) is 0 Å². The number of rotatable bonds is 2. The summed E-state index contributed by atoms with van der Waals surface area (Å²) in [4.78, 5) is 0. The molecule has 150 valence electrons. The first-order chi connectivity index (χ1) is 15.9. The van der Waals surface area contributed by atoms with Crippen LogP contribution in [0.2, 0.25) is 0 Å². The van der Waals surface area contributed by atoms with Crippen molar-refractivity contribution in [3.63, 3.8) is 0 Å². The molecule has 6 aromatic rings. The van der Waals surface area contributed by atoms with Gasteiger partial charge in [-0.25, -0.2) is 0 Å². The van der Waals surface area contributed by atoms with Crippen molar-refractivity contribution in [1.29, 1.82) is 0 Å². The minimum absolute atomic E-state index is 1.32. The third-order valence-electron chi connectivity index (χ3n) is 7.02. The van der Waals surface area contributed by atoms with E-state index in [0.29, 0.717) is 0 Å². The molecule has 1 aliphatic heterocycles. The molecule has 0 atom stereocenters. The summed E-state index contributed by atoms with van der Waals surface area (Å²) in [6.45, 7) is 0. The lowest BCUT2D eigenvalue weighted by Crippen LogP contribution is -2.73. The zero-order valence-corrected chi connectivity index (χ0v) is 18.6. The highest BCUT2D eigenvalue weighted by atomic mass is 28.3. The lowest BCUT2D eigenvalue weighted by Gasteiger charge is -2.40. The van der Waals surface area contributed by atoms with Gasteiger partial charge < -0.3 is 4.23 Å². The van der Waals surface area contributed by atoms with E-state index in [4.69, 9.17) is 0 Å². The van der Waals surface area contributed by atoms with Gasteiger partial charge in [-0.1, -0.05) is 121 Å². The molecule has 7 rings (SSSR count). The Kier molecular flexibility index (Phi) is 3.64. The fraction of sp³-hybridized carbons (Fsp3) is 0. The molecule has 0 amide bonds. The molecule has 0 N–H and O–H groups in total. The van der Waals surface area contributed by atoms with Crippen molar-refractivity contribution in [2.24, 2.45) is 0 Å². The second-order valence-corrected chi connectivity index (χ2v) is 12.1. The number of benzene rings is 5. The van der Waals surface area contributed by atoms with Crippen LogP contribution in [0.4, 0.5) is 0 Å². The Labute approximate surface area is 188 Å². The molecule has 2 heterocycles. The van der Waals surface area contributed by atoms with Crippen molar-refractivity contribution in [2.45, 2.75) is 0 Å². The number of hydrogen-bond donors (Lipinski definition) is 0. The van der Waals surface area contributed by atoms with E-state index in [0.717, 1.165) is 0 Å². The van der Waals surface area contributed by atoms with Crippen molar-refractivity contribution in [3.05, 3.63) is 127 Å². The highest BCUT2D eigenvalue weighted by molar-refractivity contribution is 7.12. The smallest absolute Gasteiger partial charge is 0.258 e. The van der Waals surface area contributed by atoms with Gasteiger partial charge in [0.25, 0.3) is 8.24 Å². The Morgan fingerprint density at radius 1 is 0.438 bits per heavy atom. The van der Waals surface area contributed by atoms with Crippen molar-refractivity contribution in [2.75, 3.05) is 0 Å². The van der Waals surface area contributed by atoms with Gasteiger partial charge in [-0.2, -0.15) is 0 Å². The van der Waals surface area contributed by atoms with Gasteiger partial charge in [0.2, 0.25) is 0 Å². The van der Waals surface area contributed by atoms with Gasteiger partial charge in [0.15, 0.2) is 0 Å². The van der Waals surface area contributed by atoms with Gasteiger partial charge in [0, 0.05) is 27.4 Å². The highest BCUT2D eigenvalue weighted by Crippen LogP contribution is 2.41. The van der Waals surface area contributed by atoms with Crippen LogP contribution in [0.1, 0.15) is 0 Å². The summed E-state index contributed by atoms with van der Waals surface area (Å²) in [6, 6.07) is 47.2. The minimum Gasteiger partial charge on any atom is -0.355 e. The van der Waals surface area contributed by atoms with Gasteiger partial charge in [-0.15, -0.1) is 0 Å². The first-order valence-corrected chi connectivity index (χ1v) is 13.1. The molecule has 0 saturated carbocycles. The molecule has 1 aromatic heterocycles. The molecule has 0 radical (unpaired) electrons. The fourth-order valence-electron chi connectivity index (χ4n) is 5.83. The molecule has 0 spiro atoms. The summed E-state index contributed by atoms with van der Waals surface area (Å²) in [6.07, 6.45) is 0. The molecular formula is C30H21NSi. The van der Waals surface area contributed by atoms with Crippen molar-refractivity contribution >= 4 is 45.6 Å². The zero-order chi connectivity index (χ0) is 21.1. The normalized spacial score (nSPS) is 13.9. The maximum Gasteiger partial charge on any atom is 0.258 e. The summed E-state index contributed by atoms with van der Waals surface area (Å²) in [5, 5.41) is 6.96. The lowest BCUT2D eigenvalue weighted by atomic mass is 10.0. The van der Waals surface area contributed by atoms with Crippen molar-refractivity contribution < 1.29 is 0 Å². The lowest BCUT2D eigenvalue weighted by molar-refractivity contribution is 1.29. The number of aromatic nitrogens is 1. The largest absolute Gasteiger partial charge is 0.355 e. The second kappa shape index (κ2) is 6.56. The van der Waals surface area contributed by atoms with Crippen LogP contribution in [0.15, 0.2) is 127 Å². The Hall–Kier alpha value is -3.88. The number of para-hydroxylation sites is 2. The second-order valence-electron chi connectivity index (χ2n) is 8.54. The Morgan fingerprint density at radius 3 is 1.75 bits per heavy atom. The van der Waals surface area contributed by atoms with Crippen LogP contribution in [0.25, 0.3) is 32.9 Å². The van der Waals surface area contributed by atoms with E-state index in [9.17, 15) is 0 Å².